The SMILES string of the molecule is CNc1cc(NCCCCC(N)=O)ncn1. The van der Waals surface area contributed by atoms with Crippen LogP contribution in [0.25, 0.3) is 0 Å². The number of nitrogens with two attached hydrogens (primary N) is 1. The van der Waals surface area contributed by atoms with Crippen LogP contribution in [0.5, 0.6) is 0 Å². The minimum absolute atomic E-state index is 0.250. The molecular formula is C10H17N5O. The Kier molecular flexibility index (Phi) is 5.04. The third kappa shape index (κ3) is 4.59. The van der Waals surface area contributed by atoms with Gasteiger partial charge in [0, 0.05) is 26.1 Å². The van der Waals surface area contributed by atoms with Gasteiger partial charge in [0.15, 0.2) is 0 Å². The molecule has 1 amide bonds. The molecule has 6 nitrogen and oxygen atoms in total. The number of hydrogen-bond donors (Lipinski definition) is 3. The van der Waals surface area contributed by atoms with Crippen molar-refractivity contribution in [2.24, 2.45) is 5.73 Å². The average molecular weight is 223 g/mol. The first-order valence-electron chi connectivity index (χ1n) is 5.24. The van der Waals surface area contributed by atoms with E-state index in [1.165, 1.54) is 6.33 Å². The molecule has 0 aliphatic heterocycles. The number of rotatable bonds is 7. The number of hydrogen-bond acceptors (Lipinski definition) is 5. The first-order chi connectivity index (χ1) is 7.72. The Morgan fingerprint density at radius 2 is 2.12 bits per heavy atom. The van der Waals surface area contributed by atoms with Crippen molar-refractivity contribution in [2.45, 2.75) is 19.3 Å². The van der Waals surface area contributed by atoms with Gasteiger partial charge in [-0.15, -0.1) is 0 Å². The molecule has 0 aliphatic carbocycles. The molecule has 0 atom stereocenters. The van der Waals surface area contributed by atoms with Crippen molar-refractivity contribution in [3.63, 3.8) is 0 Å². The number of primary amides is 1. The Balaban J connectivity index is 2.23. The molecule has 16 heavy (non-hydrogen) atoms. The average Bonchev–Trinajstić information content (AvgIpc) is 2.28. The van der Waals surface area contributed by atoms with Crippen LogP contribution in [0.1, 0.15) is 19.3 Å². The van der Waals surface area contributed by atoms with Gasteiger partial charge in [-0.25, -0.2) is 9.97 Å². The van der Waals surface area contributed by atoms with Crippen molar-refractivity contribution < 1.29 is 4.79 Å². The summed E-state index contributed by atoms with van der Waals surface area (Å²) in [5.41, 5.74) is 5.04. The smallest absolute Gasteiger partial charge is 0.217 e. The van der Waals surface area contributed by atoms with Crippen LogP contribution in [-0.2, 0) is 4.79 Å². The van der Waals surface area contributed by atoms with E-state index >= 15 is 0 Å². The number of anilines is 2. The molecule has 4 N–H and O–H groups in total. The summed E-state index contributed by atoms with van der Waals surface area (Å²) in [5.74, 6) is 1.30. The second-order valence-electron chi connectivity index (χ2n) is 3.39. The summed E-state index contributed by atoms with van der Waals surface area (Å²) >= 11 is 0. The van der Waals surface area contributed by atoms with E-state index in [4.69, 9.17) is 5.73 Å². The lowest BCUT2D eigenvalue weighted by Gasteiger charge is -2.05. The largest absolute Gasteiger partial charge is 0.373 e. The van der Waals surface area contributed by atoms with Crippen LogP contribution in [0.15, 0.2) is 12.4 Å². The Morgan fingerprint density at radius 1 is 1.38 bits per heavy atom. The highest BCUT2D eigenvalue weighted by Crippen LogP contribution is 2.07. The molecule has 88 valence electrons. The molecule has 0 saturated carbocycles. The maximum atomic E-state index is 10.5. The van der Waals surface area contributed by atoms with E-state index in [2.05, 4.69) is 20.6 Å². The summed E-state index contributed by atoms with van der Waals surface area (Å²) in [6.07, 6.45) is 3.62. The fraction of sp³-hybridized carbons (Fsp3) is 0.500. The van der Waals surface area contributed by atoms with Crippen molar-refractivity contribution in [3.8, 4) is 0 Å². The quantitative estimate of drug-likeness (QED) is 0.588. The van der Waals surface area contributed by atoms with Gasteiger partial charge >= 0.3 is 0 Å². The molecule has 0 aromatic carbocycles. The lowest BCUT2D eigenvalue weighted by molar-refractivity contribution is -0.118. The molecule has 0 aliphatic rings. The van der Waals surface area contributed by atoms with E-state index in [1.807, 2.05) is 6.07 Å². The van der Waals surface area contributed by atoms with Crippen molar-refractivity contribution >= 4 is 17.5 Å². The van der Waals surface area contributed by atoms with Gasteiger partial charge in [0.2, 0.25) is 5.91 Å². The molecule has 6 heteroatoms. The van der Waals surface area contributed by atoms with Crippen molar-refractivity contribution in [1.29, 1.82) is 0 Å². The van der Waals surface area contributed by atoms with Gasteiger partial charge in [-0.1, -0.05) is 0 Å². The number of carbonyl (C=O) groups excluding carboxylic acids is 1. The van der Waals surface area contributed by atoms with Crippen LogP contribution in [0, 0.1) is 0 Å². The molecule has 1 heterocycles. The Bertz CT molecular complexity index is 342. The topological polar surface area (TPSA) is 92.9 Å². The van der Waals surface area contributed by atoms with Gasteiger partial charge < -0.3 is 16.4 Å². The summed E-state index contributed by atoms with van der Waals surface area (Å²) in [4.78, 5) is 18.6. The van der Waals surface area contributed by atoms with Gasteiger partial charge in [-0.05, 0) is 12.8 Å². The maximum Gasteiger partial charge on any atom is 0.217 e. The van der Waals surface area contributed by atoms with Crippen molar-refractivity contribution in [1.82, 2.24) is 9.97 Å². The standard InChI is InChI=1S/C10H17N5O/c1-12-9-6-10(15-7-14-9)13-5-3-2-4-8(11)16/h6-7H,2-5H2,1H3,(H2,11,16)(H2,12,13,14,15). The summed E-state index contributed by atoms with van der Waals surface area (Å²) < 4.78 is 0. The van der Waals surface area contributed by atoms with E-state index in [0.29, 0.717) is 6.42 Å². The number of carbonyl (C=O) groups is 1. The minimum atomic E-state index is -0.250. The molecule has 1 aromatic heterocycles. The first kappa shape index (κ1) is 12.2. The van der Waals surface area contributed by atoms with Gasteiger partial charge in [-0.3, -0.25) is 4.79 Å². The predicted octanol–water partition coefficient (Wildman–Crippen LogP) is 0.586. The minimum Gasteiger partial charge on any atom is -0.373 e. The molecule has 1 rings (SSSR count). The second kappa shape index (κ2) is 6.60. The number of nitrogens with one attached hydrogen (secondary N) is 2. The van der Waals surface area contributed by atoms with Crippen LogP contribution in [0.3, 0.4) is 0 Å². The lowest BCUT2D eigenvalue weighted by atomic mass is 10.2. The second-order valence-corrected chi connectivity index (χ2v) is 3.39. The van der Waals surface area contributed by atoms with Gasteiger partial charge in [0.05, 0.1) is 0 Å². The van der Waals surface area contributed by atoms with Gasteiger partial charge in [-0.2, -0.15) is 0 Å². The van der Waals surface area contributed by atoms with E-state index in [9.17, 15) is 4.79 Å². The van der Waals surface area contributed by atoms with Crippen molar-refractivity contribution in [3.05, 3.63) is 12.4 Å². The number of aromatic nitrogens is 2. The molecule has 0 spiro atoms. The fourth-order valence-corrected chi connectivity index (χ4v) is 1.23. The molecule has 0 radical (unpaired) electrons. The zero-order valence-electron chi connectivity index (χ0n) is 9.36. The first-order valence-corrected chi connectivity index (χ1v) is 5.24. The Hall–Kier alpha value is -1.85. The van der Waals surface area contributed by atoms with Crippen LogP contribution in [0.4, 0.5) is 11.6 Å². The Labute approximate surface area is 94.7 Å². The van der Waals surface area contributed by atoms with Crippen LogP contribution in [0.2, 0.25) is 0 Å². The van der Waals surface area contributed by atoms with Crippen LogP contribution < -0.4 is 16.4 Å². The van der Waals surface area contributed by atoms with Gasteiger partial charge in [0.25, 0.3) is 0 Å². The normalized spacial score (nSPS) is 9.81. The van der Waals surface area contributed by atoms with Crippen LogP contribution in [-0.4, -0.2) is 29.5 Å². The molecule has 0 saturated heterocycles. The zero-order valence-corrected chi connectivity index (χ0v) is 9.36. The third-order valence-corrected chi connectivity index (χ3v) is 2.08. The van der Waals surface area contributed by atoms with Gasteiger partial charge in [0.1, 0.15) is 18.0 Å². The number of nitrogens with zero attached hydrogens (tertiary/aromatic N) is 2. The fourth-order valence-electron chi connectivity index (χ4n) is 1.23. The highest BCUT2D eigenvalue weighted by atomic mass is 16.1. The predicted molar refractivity (Wildman–Crippen MR) is 63.1 cm³/mol. The van der Waals surface area contributed by atoms with Crippen molar-refractivity contribution in [2.75, 3.05) is 24.2 Å². The highest BCUT2D eigenvalue weighted by molar-refractivity contribution is 5.73. The summed E-state index contributed by atoms with van der Waals surface area (Å²) in [6, 6.07) is 1.83. The molecule has 0 bridgehead atoms. The van der Waals surface area contributed by atoms with E-state index in [-0.39, 0.29) is 5.91 Å². The highest BCUT2D eigenvalue weighted by Gasteiger charge is 1.97. The monoisotopic (exact) mass is 223 g/mol. The molecular weight excluding hydrogens is 206 g/mol. The summed E-state index contributed by atoms with van der Waals surface area (Å²) in [5, 5.41) is 6.08. The summed E-state index contributed by atoms with van der Waals surface area (Å²) in [6.45, 7) is 0.771. The molecule has 0 unspecified atom stereocenters. The maximum absolute atomic E-state index is 10.5. The summed E-state index contributed by atoms with van der Waals surface area (Å²) in [7, 11) is 1.80. The number of amides is 1. The van der Waals surface area contributed by atoms with Crippen LogP contribution >= 0.6 is 0 Å². The zero-order chi connectivity index (χ0) is 11.8. The van der Waals surface area contributed by atoms with E-state index in [0.717, 1.165) is 31.0 Å². The lowest BCUT2D eigenvalue weighted by Crippen LogP contribution is -2.11. The molecule has 0 fully saturated rings. The number of unbranched alkanes of at least 4 members (excludes halogenated alkanes) is 1. The van der Waals surface area contributed by atoms with E-state index in [1.54, 1.807) is 7.05 Å². The van der Waals surface area contributed by atoms with E-state index < -0.39 is 0 Å². The Morgan fingerprint density at radius 3 is 2.81 bits per heavy atom. The third-order valence-electron chi connectivity index (χ3n) is 2.08. The molecule has 1 aromatic rings.